The van der Waals surface area contributed by atoms with Crippen LogP contribution < -0.4 is 9.47 Å². The Morgan fingerprint density at radius 1 is 1.26 bits per heavy atom. The van der Waals surface area contributed by atoms with Gasteiger partial charge >= 0.3 is 6.04 Å². The molecule has 1 atom stereocenters. The molecule has 1 aliphatic heterocycles. The summed E-state index contributed by atoms with van der Waals surface area (Å²) < 4.78 is 23.7. The number of hydrogen-bond donors (Lipinski definition) is 0. The summed E-state index contributed by atoms with van der Waals surface area (Å²) in [5.41, 5.74) is 0.834. The molecule has 96 valence electrons. The minimum absolute atomic E-state index is 0.0269. The summed E-state index contributed by atoms with van der Waals surface area (Å²) in [5, 5.41) is 0. The van der Waals surface area contributed by atoms with Crippen LogP contribution in [0.5, 0.6) is 11.6 Å². The molecular formula is C14H10FNO3. The molecule has 5 heteroatoms. The van der Waals surface area contributed by atoms with Gasteiger partial charge < -0.3 is 9.47 Å². The molecule has 2 heterocycles. The van der Waals surface area contributed by atoms with Gasteiger partial charge in [-0.3, -0.25) is 4.79 Å². The number of nitrogens with zero attached hydrogens (tertiary/aromatic N) is 1. The maximum absolute atomic E-state index is 12.5. The van der Waals surface area contributed by atoms with Crippen molar-refractivity contribution in [1.82, 2.24) is 4.98 Å². The SMILES string of the molecule is O=C(F)c1ccc(C2COc3cccnc3O2)cc1. The highest BCUT2D eigenvalue weighted by atomic mass is 19.1. The van der Waals surface area contributed by atoms with Crippen molar-refractivity contribution in [2.75, 3.05) is 6.61 Å². The van der Waals surface area contributed by atoms with Gasteiger partial charge in [-0.25, -0.2) is 4.98 Å². The standard InChI is InChI=1S/C14H10FNO3/c15-13(17)10-5-3-9(4-6-10)12-8-18-11-2-1-7-16-14(11)19-12/h1-7,12H,8H2. The number of carbonyl (C=O) groups is 1. The van der Waals surface area contributed by atoms with E-state index in [1.54, 1.807) is 30.5 Å². The number of rotatable bonds is 2. The molecule has 0 amide bonds. The summed E-state index contributed by atoms with van der Waals surface area (Å²) in [6.45, 7) is 0.349. The zero-order valence-corrected chi connectivity index (χ0v) is 9.88. The summed E-state index contributed by atoms with van der Waals surface area (Å²) in [6, 6.07) is 8.25. The van der Waals surface area contributed by atoms with Crippen molar-refractivity contribution in [1.29, 1.82) is 0 Å². The first-order chi connectivity index (χ1) is 9.24. The molecule has 0 fully saturated rings. The summed E-state index contributed by atoms with van der Waals surface area (Å²) in [6.07, 6.45) is 1.31. The molecule has 1 unspecified atom stereocenters. The molecule has 1 aromatic heterocycles. The third-order valence-electron chi connectivity index (χ3n) is 2.89. The van der Waals surface area contributed by atoms with Crippen LogP contribution in [0.25, 0.3) is 0 Å². The Balaban J connectivity index is 1.83. The van der Waals surface area contributed by atoms with Gasteiger partial charge in [0, 0.05) is 6.20 Å². The largest absolute Gasteiger partial charge is 0.484 e. The predicted molar refractivity (Wildman–Crippen MR) is 65.0 cm³/mol. The first kappa shape index (κ1) is 11.6. The Morgan fingerprint density at radius 3 is 2.79 bits per heavy atom. The van der Waals surface area contributed by atoms with Crippen molar-refractivity contribution >= 4 is 6.04 Å². The Bertz CT molecular complexity index is 612. The Labute approximate surface area is 108 Å². The van der Waals surface area contributed by atoms with E-state index in [-0.39, 0.29) is 11.7 Å². The average Bonchev–Trinajstić information content (AvgIpc) is 2.47. The smallest absolute Gasteiger partial charge is 0.332 e. The summed E-state index contributed by atoms with van der Waals surface area (Å²) in [4.78, 5) is 14.6. The first-order valence-corrected chi connectivity index (χ1v) is 5.78. The highest BCUT2D eigenvalue weighted by Gasteiger charge is 2.23. The van der Waals surface area contributed by atoms with Gasteiger partial charge in [0.1, 0.15) is 6.61 Å². The van der Waals surface area contributed by atoms with Crippen molar-refractivity contribution in [2.24, 2.45) is 0 Å². The van der Waals surface area contributed by atoms with E-state index in [0.29, 0.717) is 18.2 Å². The molecule has 0 saturated carbocycles. The second kappa shape index (κ2) is 4.68. The fraction of sp³-hybridized carbons (Fsp3) is 0.143. The zero-order chi connectivity index (χ0) is 13.2. The fourth-order valence-electron chi connectivity index (χ4n) is 1.90. The summed E-state index contributed by atoms with van der Waals surface area (Å²) >= 11 is 0. The zero-order valence-electron chi connectivity index (χ0n) is 9.88. The minimum Gasteiger partial charge on any atom is -0.484 e. The van der Waals surface area contributed by atoms with Gasteiger partial charge in [-0.05, 0) is 29.8 Å². The second-order valence-corrected chi connectivity index (χ2v) is 4.12. The van der Waals surface area contributed by atoms with Crippen LogP contribution in [-0.4, -0.2) is 17.6 Å². The van der Waals surface area contributed by atoms with E-state index >= 15 is 0 Å². The summed E-state index contributed by atoms with van der Waals surface area (Å²) in [7, 11) is 0. The van der Waals surface area contributed by atoms with E-state index in [9.17, 15) is 9.18 Å². The molecule has 3 rings (SSSR count). The molecule has 0 aliphatic carbocycles. The normalized spacial score (nSPS) is 17.0. The molecule has 1 aliphatic rings. The molecule has 0 saturated heterocycles. The molecule has 4 nitrogen and oxygen atoms in total. The third kappa shape index (κ3) is 2.27. The number of ether oxygens (including phenoxy) is 2. The number of fused-ring (bicyclic) bond motifs is 1. The molecule has 2 aromatic rings. The number of pyridine rings is 1. The summed E-state index contributed by atoms with van der Waals surface area (Å²) in [5.74, 6) is 1.04. The lowest BCUT2D eigenvalue weighted by Crippen LogP contribution is -2.22. The Hall–Kier alpha value is -2.43. The van der Waals surface area contributed by atoms with Gasteiger partial charge in [-0.2, -0.15) is 4.39 Å². The number of halogens is 1. The number of aromatic nitrogens is 1. The van der Waals surface area contributed by atoms with Crippen LogP contribution in [0.15, 0.2) is 42.6 Å². The van der Waals surface area contributed by atoms with Crippen LogP contribution in [0.4, 0.5) is 4.39 Å². The van der Waals surface area contributed by atoms with Crippen LogP contribution in [0, 0.1) is 0 Å². The van der Waals surface area contributed by atoms with E-state index in [0.717, 1.165) is 5.56 Å². The average molecular weight is 259 g/mol. The van der Waals surface area contributed by atoms with Crippen LogP contribution in [0.1, 0.15) is 22.0 Å². The minimum atomic E-state index is -1.45. The van der Waals surface area contributed by atoms with Crippen molar-refractivity contribution < 1.29 is 18.7 Å². The van der Waals surface area contributed by atoms with Crippen molar-refractivity contribution in [2.45, 2.75) is 6.10 Å². The van der Waals surface area contributed by atoms with Gasteiger partial charge in [0.2, 0.25) is 0 Å². The maximum atomic E-state index is 12.5. The lowest BCUT2D eigenvalue weighted by Gasteiger charge is -2.25. The highest BCUT2D eigenvalue weighted by molar-refractivity contribution is 5.88. The van der Waals surface area contributed by atoms with Gasteiger partial charge in [0.05, 0.1) is 5.56 Å². The highest BCUT2D eigenvalue weighted by Crippen LogP contribution is 2.33. The van der Waals surface area contributed by atoms with Gasteiger partial charge in [-0.1, -0.05) is 12.1 Å². The van der Waals surface area contributed by atoms with E-state index < -0.39 is 6.04 Å². The lowest BCUT2D eigenvalue weighted by molar-refractivity contribution is 0.0830. The van der Waals surface area contributed by atoms with Crippen LogP contribution in [0.2, 0.25) is 0 Å². The predicted octanol–water partition coefficient (Wildman–Crippen LogP) is 2.70. The number of hydrogen-bond acceptors (Lipinski definition) is 4. The maximum Gasteiger partial charge on any atom is 0.332 e. The second-order valence-electron chi connectivity index (χ2n) is 4.12. The quantitative estimate of drug-likeness (QED) is 0.778. The Morgan fingerprint density at radius 2 is 2.05 bits per heavy atom. The van der Waals surface area contributed by atoms with Gasteiger partial charge in [0.15, 0.2) is 11.9 Å². The molecular weight excluding hydrogens is 249 g/mol. The first-order valence-electron chi connectivity index (χ1n) is 5.78. The molecule has 19 heavy (non-hydrogen) atoms. The number of carbonyl (C=O) groups excluding carboxylic acids is 1. The molecule has 0 radical (unpaired) electrons. The monoisotopic (exact) mass is 259 g/mol. The molecule has 0 spiro atoms. The van der Waals surface area contributed by atoms with Gasteiger partial charge in [0.25, 0.3) is 5.88 Å². The van der Waals surface area contributed by atoms with Crippen molar-refractivity contribution in [3.63, 3.8) is 0 Å². The van der Waals surface area contributed by atoms with Gasteiger partial charge in [-0.15, -0.1) is 0 Å². The molecule has 0 bridgehead atoms. The van der Waals surface area contributed by atoms with Crippen LogP contribution in [-0.2, 0) is 0 Å². The van der Waals surface area contributed by atoms with E-state index in [1.165, 1.54) is 12.1 Å². The van der Waals surface area contributed by atoms with E-state index in [2.05, 4.69) is 4.98 Å². The van der Waals surface area contributed by atoms with Crippen molar-refractivity contribution in [3.8, 4) is 11.6 Å². The van der Waals surface area contributed by atoms with E-state index in [4.69, 9.17) is 9.47 Å². The fourth-order valence-corrected chi connectivity index (χ4v) is 1.90. The topological polar surface area (TPSA) is 48.4 Å². The lowest BCUT2D eigenvalue weighted by atomic mass is 10.1. The molecule has 1 aromatic carbocycles. The Kier molecular flexibility index (Phi) is 2.87. The van der Waals surface area contributed by atoms with E-state index in [1.807, 2.05) is 0 Å². The van der Waals surface area contributed by atoms with Crippen LogP contribution in [0.3, 0.4) is 0 Å². The third-order valence-corrected chi connectivity index (χ3v) is 2.89. The van der Waals surface area contributed by atoms with Crippen molar-refractivity contribution in [3.05, 3.63) is 53.7 Å². The number of benzene rings is 1. The van der Waals surface area contributed by atoms with Crippen LogP contribution >= 0.6 is 0 Å². The molecule has 0 N–H and O–H groups in total.